The lowest BCUT2D eigenvalue weighted by Crippen LogP contribution is -2.35. The molecule has 2 aromatic carbocycles. The largest absolute Gasteiger partial charge is 0.493 e. The Kier molecular flexibility index (Phi) is 5.92. The zero-order valence-electron chi connectivity index (χ0n) is 14.9. The summed E-state index contributed by atoms with van der Waals surface area (Å²) < 4.78 is 10.8. The zero-order valence-corrected chi connectivity index (χ0v) is 16.4. The molecular formula is C20H16Cl2N2O4. The van der Waals surface area contributed by atoms with E-state index in [1.807, 2.05) is 0 Å². The Morgan fingerprint density at radius 1 is 1.11 bits per heavy atom. The second-order valence-corrected chi connectivity index (χ2v) is 6.56. The smallest absolute Gasteiger partial charge is 0.282 e. The molecule has 1 N–H and O–H groups in total. The van der Waals surface area contributed by atoms with E-state index in [2.05, 4.69) is 12.0 Å². The minimum absolute atomic E-state index is 0.0205. The molecule has 0 saturated carbocycles. The molecule has 0 spiro atoms. The van der Waals surface area contributed by atoms with Crippen LogP contribution in [0.3, 0.4) is 0 Å². The number of hydrazine groups is 1. The van der Waals surface area contributed by atoms with Crippen molar-refractivity contribution in [2.45, 2.75) is 0 Å². The molecule has 1 saturated heterocycles. The Bertz CT molecular complexity index is 988. The van der Waals surface area contributed by atoms with Crippen LogP contribution in [0.25, 0.3) is 6.08 Å². The van der Waals surface area contributed by atoms with Crippen molar-refractivity contribution in [3.8, 4) is 11.5 Å². The van der Waals surface area contributed by atoms with Crippen molar-refractivity contribution in [2.75, 3.05) is 18.7 Å². The second kappa shape index (κ2) is 8.37. The highest BCUT2D eigenvalue weighted by molar-refractivity contribution is 6.42. The van der Waals surface area contributed by atoms with Crippen LogP contribution < -0.4 is 19.9 Å². The molecule has 0 aliphatic carbocycles. The van der Waals surface area contributed by atoms with Crippen LogP contribution in [0, 0.1) is 0 Å². The molecular weight excluding hydrogens is 403 g/mol. The highest BCUT2D eigenvalue weighted by atomic mass is 35.5. The minimum Gasteiger partial charge on any atom is -0.493 e. The second-order valence-electron chi connectivity index (χ2n) is 5.75. The fraction of sp³-hybridized carbons (Fsp3) is 0.100. The quantitative estimate of drug-likeness (QED) is 0.436. The van der Waals surface area contributed by atoms with Crippen LogP contribution in [-0.2, 0) is 9.59 Å². The van der Waals surface area contributed by atoms with Crippen LogP contribution in [-0.4, -0.2) is 25.5 Å². The number of rotatable bonds is 6. The first-order valence-electron chi connectivity index (χ1n) is 8.18. The van der Waals surface area contributed by atoms with Gasteiger partial charge in [-0.25, -0.2) is 5.01 Å². The molecule has 1 fully saturated rings. The molecule has 1 aliphatic heterocycles. The van der Waals surface area contributed by atoms with E-state index in [4.69, 9.17) is 32.7 Å². The topological polar surface area (TPSA) is 67.9 Å². The molecule has 0 unspecified atom stereocenters. The lowest BCUT2D eigenvalue weighted by Gasteiger charge is -2.15. The highest BCUT2D eigenvalue weighted by Gasteiger charge is 2.34. The molecule has 0 aromatic heterocycles. The van der Waals surface area contributed by atoms with Gasteiger partial charge in [-0.15, -0.1) is 0 Å². The predicted molar refractivity (Wildman–Crippen MR) is 109 cm³/mol. The third-order valence-corrected chi connectivity index (χ3v) is 4.65. The molecule has 3 rings (SSSR count). The van der Waals surface area contributed by atoms with Crippen LogP contribution in [0.15, 0.2) is 54.6 Å². The standard InChI is InChI=1S/C20H16Cl2N2O4/c1-3-8-28-17-7-4-12(10-18(17)27-2)9-14-19(25)23-24(20(14)26)13-5-6-15(21)16(22)11-13/h3-7,9-11H,1,8H2,2H3,(H,23,25)/b14-9+. The van der Waals surface area contributed by atoms with Crippen molar-refractivity contribution >= 4 is 46.8 Å². The Morgan fingerprint density at radius 2 is 1.89 bits per heavy atom. The van der Waals surface area contributed by atoms with E-state index in [1.54, 1.807) is 36.4 Å². The van der Waals surface area contributed by atoms with Gasteiger partial charge >= 0.3 is 0 Å². The first-order valence-corrected chi connectivity index (χ1v) is 8.94. The number of carbonyl (C=O) groups excluding carboxylic acids is 2. The summed E-state index contributed by atoms with van der Waals surface area (Å²) in [5.41, 5.74) is 3.51. The van der Waals surface area contributed by atoms with Gasteiger partial charge in [-0.2, -0.15) is 0 Å². The number of benzene rings is 2. The van der Waals surface area contributed by atoms with E-state index in [0.29, 0.717) is 34.4 Å². The number of ether oxygens (including phenoxy) is 2. The van der Waals surface area contributed by atoms with E-state index in [9.17, 15) is 9.59 Å². The number of hydrogen-bond acceptors (Lipinski definition) is 4. The molecule has 8 heteroatoms. The van der Waals surface area contributed by atoms with E-state index in [-0.39, 0.29) is 10.6 Å². The number of methoxy groups -OCH3 is 1. The van der Waals surface area contributed by atoms with E-state index in [0.717, 1.165) is 5.01 Å². The lowest BCUT2D eigenvalue weighted by atomic mass is 10.1. The minimum atomic E-state index is -0.526. The van der Waals surface area contributed by atoms with Crippen molar-refractivity contribution in [3.63, 3.8) is 0 Å². The summed E-state index contributed by atoms with van der Waals surface area (Å²) in [5, 5.41) is 1.75. The summed E-state index contributed by atoms with van der Waals surface area (Å²) >= 11 is 11.9. The molecule has 2 aromatic rings. The third kappa shape index (κ3) is 3.98. The van der Waals surface area contributed by atoms with Gasteiger partial charge in [0.25, 0.3) is 11.8 Å². The van der Waals surface area contributed by atoms with Gasteiger partial charge in [0.1, 0.15) is 12.2 Å². The van der Waals surface area contributed by atoms with Crippen molar-refractivity contribution < 1.29 is 19.1 Å². The fourth-order valence-electron chi connectivity index (χ4n) is 2.57. The first-order chi connectivity index (χ1) is 13.4. The molecule has 1 aliphatic rings. The summed E-state index contributed by atoms with van der Waals surface area (Å²) in [5.74, 6) is -0.0241. The van der Waals surface area contributed by atoms with Gasteiger partial charge in [0, 0.05) is 0 Å². The van der Waals surface area contributed by atoms with Crippen molar-refractivity contribution in [1.82, 2.24) is 5.43 Å². The monoisotopic (exact) mass is 418 g/mol. The molecule has 0 atom stereocenters. The van der Waals surface area contributed by atoms with Gasteiger partial charge in [0.05, 0.1) is 22.8 Å². The summed E-state index contributed by atoms with van der Waals surface area (Å²) in [6.07, 6.45) is 3.10. The summed E-state index contributed by atoms with van der Waals surface area (Å²) in [6.45, 7) is 3.93. The molecule has 2 amide bonds. The molecule has 0 bridgehead atoms. The van der Waals surface area contributed by atoms with Gasteiger partial charge in [-0.3, -0.25) is 15.0 Å². The van der Waals surface area contributed by atoms with Gasteiger partial charge in [0.15, 0.2) is 11.5 Å². The zero-order chi connectivity index (χ0) is 20.3. The van der Waals surface area contributed by atoms with E-state index in [1.165, 1.54) is 19.3 Å². The maximum atomic E-state index is 12.7. The maximum absolute atomic E-state index is 12.7. The molecule has 144 valence electrons. The number of hydrogen-bond donors (Lipinski definition) is 1. The predicted octanol–water partition coefficient (Wildman–Crippen LogP) is 4.03. The number of halogens is 2. The van der Waals surface area contributed by atoms with E-state index < -0.39 is 11.8 Å². The van der Waals surface area contributed by atoms with Gasteiger partial charge in [-0.1, -0.05) is 41.9 Å². The summed E-state index contributed by atoms with van der Waals surface area (Å²) in [4.78, 5) is 25.0. The Labute approximate surface area is 171 Å². The fourth-order valence-corrected chi connectivity index (χ4v) is 2.86. The first kappa shape index (κ1) is 19.8. The van der Waals surface area contributed by atoms with Crippen LogP contribution in [0.2, 0.25) is 10.0 Å². The van der Waals surface area contributed by atoms with Gasteiger partial charge < -0.3 is 9.47 Å². The molecule has 6 nitrogen and oxygen atoms in total. The van der Waals surface area contributed by atoms with Crippen LogP contribution in [0.5, 0.6) is 11.5 Å². The van der Waals surface area contributed by atoms with Crippen LogP contribution >= 0.6 is 23.2 Å². The summed E-state index contributed by atoms with van der Waals surface area (Å²) in [6, 6.07) is 9.73. The Morgan fingerprint density at radius 3 is 2.57 bits per heavy atom. The molecule has 1 heterocycles. The van der Waals surface area contributed by atoms with Crippen molar-refractivity contribution in [1.29, 1.82) is 0 Å². The SMILES string of the molecule is C=CCOc1ccc(/C=C2\C(=O)NN(c3ccc(Cl)c(Cl)c3)C2=O)cc1OC. The Balaban J connectivity index is 1.89. The van der Waals surface area contributed by atoms with Gasteiger partial charge in [-0.05, 0) is 42.0 Å². The number of nitrogens with one attached hydrogen (secondary N) is 1. The Hall–Kier alpha value is -2.96. The molecule has 28 heavy (non-hydrogen) atoms. The number of anilines is 1. The van der Waals surface area contributed by atoms with E-state index >= 15 is 0 Å². The average Bonchev–Trinajstić information content (AvgIpc) is 2.97. The van der Waals surface area contributed by atoms with Crippen molar-refractivity contribution in [3.05, 3.63) is 70.2 Å². The lowest BCUT2D eigenvalue weighted by molar-refractivity contribution is -0.117. The maximum Gasteiger partial charge on any atom is 0.282 e. The van der Waals surface area contributed by atoms with Crippen molar-refractivity contribution in [2.24, 2.45) is 0 Å². The van der Waals surface area contributed by atoms with Crippen LogP contribution in [0.4, 0.5) is 5.69 Å². The third-order valence-electron chi connectivity index (χ3n) is 3.91. The van der Waals surface area contributed by atoms with Gasteiger partial charge in [0.2, 0.25) is 0 Å². The molecule has 0 radical (unpaired) electrons. The number of nitrogens with zero attached hydrogens (tertiary/aromatic N) is 1. The average molecular weight is 419 g/mol. The number of amides is 2. The summed E-state index contributed by atoms with van der Waals surface area (Å²) in [7, 11) is 1.51. The van der Waals surface area contributed by atoms with Crippen LogP contribution in [0.1, 0.15) is 5.56 Å². The highest BCUT2D eigenvalue weighted by Crippen LogP contribution is 2.31. The normalized spacial score (nSPS) is 15.0. The number of carbonyl (C=O) groups is 2.